The summed E-state index contributed by atoms with van der Waals surface area (Å²) in [4.78, 5) is 10.2. The lowest BCUT2D eigenvalue weighted by Gasteiger charge is -2.16. The number of nitrogens with one attached hydrogen (secondary N) is 1. The second-order valence-electron chi connectivity index (χ2n) is 2.73. The van der Waals surface area contributed by atoms with Crippen LogP contribution < -0.4 is 10.2 Å². The van der Waals surface area contributed by atoms with Gasteiger partial charge in [-0.15, -0.1) is 0 Å². The van der Waals surface area contributed by atoms with Gasteiger partial charge in [0.15, 0.2) is 0 Å². The number of aryl methyl sites for hydroxylation is 1. The van der Waals surface area contributed by atoms with Crippen molar-refractivity contribution in [3.05, 3.63) is 18.1 Å². The molecule has 0 unspecified atom stereocenters. The van der Waals surface area contributed by atoms with Crippen molar-refractivity contribution in [1.29, 1.82) is 0 Å². The zero-order valence-electron chi connectivity index (χ0n) is 7.70. The smallest absolute Gasteiger partial charge is 0.132 e. The fourth-order valence-corrected chi connectivity index (χ4v) is 0.967. The van der Waals surface area contributed by atoms with E-state index in [4.69, 9.17) is 0 Å². The summed E-state index contributed by atoms with van der Waals surface area (Å²) in [7, 11) is 3.89. The molecule has 0 aliphatic heterocycles. The van der Waals surface area contributed by atoms with E-state index in [1.54, 1.807) is 6.33 Å². The molecule has 0 radical (unpaired) electrons. The van der Waals surface area contributed by atoms with Gasteiger partial charge in [0.05, 0.1) is 6.67 Å². The summed E-state index contributed by atoms with van der Waals surface area (Å²) >= 11 is 0. The third kappa shape index (κ3) is 2.17. The molecular formula is C8H14N4. The van der Waals surface area contributed by atoms with Gasteiger partial charge >= 0.3 is 0 Å². The average Bonchev–Trinajstić information content (AvgIpc) is 2.05. The molecule has 0 aliphatic carbocycles. The molecule has 1 heterocycles. The van der Waals surface area contributed by atoms with Gasteiger partial charge in [0.25, 0.3) is 0 Å². The van der Waals surface area contributed by atoms with Crippen LogP contribution >= 0.6 is 0 Å². The van der Waals surface area contributed by atoms with Crippen molar-refractivity contribution in [3.8, 4) is 0 Å². The summed E-state index contributed by atoms with van der Waals surface area (Å²) in [5.41, 5.74) is 0.989. The topological polar surface area (TPSA) is 41.0 Å². The first-order valence-corrected chi connectivity index (χ1v) is 3.88. The van der Waals surface area contributed by atoms with Crippen molar-refractivity contribution >= 4 is 5.82 Å². The van der Waals surface area contributed by atoms with Crippen LogP contribution in [0, 0.1) is 6.92 Å². The van der Waals surface area contributed by atoms with Gasteiger partial charge in [0, 0.05) is 18.8 Å². The first kappa shape index (κ1) is 8.93. The Kier molecular flexibility index (Phi) is 2.99. The van der Waals surface area contributed by atoms with Crippen molar-refractivity contribution in [3.63, 3.8) is 0 Å². The van der Waals surface area contributed by atoms with Crippen molar-refractivity contribution in [2.75, 3.05) is 25.7 Å². The van der Waals surface area contributed by atoms with E-state index in [0.29, 0.717) is 0 Å². The van der Waals surface area contributed by atoms with Crippen molar-refractivity contribution in [1.82, 2.24) is 15.3 Å². The largest absolute Gasteiger partial charge is 0.347 e. The van der Waals surface area contributed by atoms with E-state index in [-0.39, 0.29) is 0 Å². The molecule has 1 rings (SSSR count). The second-order valence-corrected chi connectivity index (χ2v) is 2.73. The lowest BCUT2D eigenvalue weighted by molar-refractivity contribution is 0.764. The molecule has 0 amide bonds. The van der Waals surface area contributed by atoms with E-state index in [0.717, 1.165) is 18.2 Å². The summed E-state index contributed by atoms with van der Waals surface area (Å²) in [6.07, 6.45) is 1.58. The van der Waals surface area contributed by atoms with E-state index < -0.39 is 0 Å². The van der Waals surface area contributed by atoms with Crippen LogP contribution in [0.1, 0.15) is 5.69 Å². The Balaban J connectivity index is 2.73. The van der Waals surface area contributed by atoms with Crippen molar-refractivity contribution in [2.45, 2.75) is 6.92 Å². The van der Waals surface area contributed by atoms with Crippen molar-refractivity contribution in [2.24, 2.45) is 0 Å². The minimum Gasteiger partial charge on any atom is -0.347 e. The highest BCUT2D eigenvalue weighted by atomic mass is 15.2. The summed E-state index contributed by atoms with van der Waals surface area (Å²) < 4.78 is 0. The molecule has 12 heavy (non-hydrogen) atoms. The Labute approximate surface area is 72.6 Å². The summed E-state index contributed by atoms with van der Waals surface area (Å²) in [6.45, 7) is 2.74. The van der Waals surface area contributed by atoms with Gasteiger partial charge in [-0.3, -0.25) is 0 Å². The predicted molar refractivity (Wildman–Crippen MR) is 49.1 cm³/mol. The predicted octanol–water partition coefficient (Wildman–Crippen LogP) is 0.398. The molecule has 0 saturated heterocycles. The van der Waals surface area contributed by atoms with Gasteiger partial charge in [-0.2, -0.15) is 0 Å². The van der Waals surface area contributed by atoms with Crippen LogP contribution in [-0.4, -0.2) is 30.7 Å². The molecule has 0 bridgehead atoms. The van der Waals surface area contributed by atoms with Crippen LogP contribution in [0.15, 0.2) is 12.4 Å². The Morgan fingerprint density at radius 2 is 2.25 bits per heavy atom. The maximum atomic E-state index is 4.13. The Hall–Kier alpha value is -1.16. The molecule has 66 valence electrons. The van der Waals surface area contributed by atoms with Gasteiger partial charge in [-0.25, -0.2) is 9.97 Å². The lowest BCUT2D eigenvalue weighted by Crippen LogP contribution is -2.28. The highest BCUT2D eigenvalue weighted by molar-refractivity contribution is 5.36. The molecule has 1 N–H and O–H groups in total. The first-order chi connectivity index (χ1) is 5.74. The Morgan fingerprint density at radius 3 is 2.83 bits per heavy atom. The van der Waals surface area contributed by atoms with Gasteiger partial charge < -0.3 is 10.2 Å². The van der Waals surface area contributed by atoms with Crippen LogP contribution in [-0.2, 0) is 0 Å². The van der Waals surface area contributed by atoms with Crippen LogP contribution in [0.3, 0.4) is 0 Å². The molecule has 0 atom stereocenters. The standard InChI is InChI=1S/C8H14N4/c1-7-4-8(11-5-10-7)12(3)6-9-2/h4-5,9H,6H2,1-3H3. The summed E-state index contributed by atoms with van der Waals surface area (Å²) in [5, 5.41) is 3.05. The maximum absolute atomic E-state index is 4.13. The van der Waals surface area contributed by atoms with Gasteiger partial charge in [-0.1, -0.05) is 0 Å². The summed E-state index contributed by atoms with van der Waals surface area (Å²) in [5.74, 6) is 0.942. The molecule has 4 heteroatoms. The first-order valence-electron chi connectivity index (χ1n) is 3.88. The van der Waals surface area contributed by atoms with Crippen LogP contribution in [0.2, 0.25) is 0 Å². The number of nitrogens with zero attached hydrogens (tertiary/aromatic N) is 3. The summed E-state index contributed by atoms with van der Waals surface area (Å²) in [6, 6.07) is 1.96. The van der Waals surface area contributed by atoms with E-state index >= 15 is 0 Å². The third-order valence-corrected chi connectivity index (χ3v) is 1.58. The fraction of sp³-hybridized carbons (Fsp3) is 0.500. The monoisotopic (exact) mass is 166 g/mol. The number of aromatic nitrogens is 2. The zero-order valence-corrected chi connectivity index (χ0v) is 7.70. The van der Waals surface area contributed by atoms with Gasteiger partial charge in [-0.05, 0) is 14.0 Å². The van der Waals surface area contributed by atoms with E-state index in [1.165, 1.54) is 0 Å². The molecule has 0 aromatic carbocycles. The van der Waals surface area contributed by atoms with E-state index in [9.17, 15) is 0 Å². The van der Waals surface area contributed by atoms with E-state index in [2.05, 4.69) is 15.3 Å². The number of rotatable bonds is 3. The van der Waals surface area contributed by atoms with Crippen molar-refractivity contribution < 1.29 is 0 Å². The SMILES string of the molecule is CNCN(C)c1cc(C)ncn1. The Bertz CT molecular complexity index is 249. The zero-order chi connectivity index (χ0) is 8.97. The molecule has 0 aliphatic rings. The minimum absolute atomic E-state index is 0.788. The fourth-order valence-electron chi connectivity index (χ4n) is 0.967. The molecule has 0 spiro atoms. The molecular weight excluding hydrogens is 152 g/mol. The Morgan fingerprint density at radius 1 is 1.50 bits per heavy atom. The van der Waals surface area contributed by atoms with E-state index in [1.807, 2.05) is 32.0 Å². The number of anilines is 1. The average molecular weight is 166 g/mol. The molecule has 0 fully saturated rings. The number of hydrogen-bond donors (Lipinski definition) is 1. The van der Waals surface area contributed by atoms with Gasteiger partial charge in [0.2, 0.25) is 0 Å². The molecule has 1 aromatic heterocycles. The minimum atomic E-state index is 0.788. The van der Waals surface area contributed by atoms with Crippen LogP contribution in [0.5, 0.6) is 0 Å². The van der Waals surface area contributed by atoms with Crippen LogP contribution in [0.4, 0.5) is 5.82 Å². The van der Waals surface area contributed by atoms with Crippen LogP contribution in [0.25, 0.3) is 0 Å². The molecule has 0 saturated carbocycles. The highest BCUT2D eigenvalue weighted by Crippen LogP contribution is 2.06. The quantitative estimate of drug-likeness (QED) is 0.660. The second kappa shape index (κ2) is 4.01. The number of hydrogen-bond acceptors (Lipinski definition) is 4. The van der Waals surface area contributed by atoms with Gasteiger partial charge in [0.1, 0.15) is 12.1 Å². The molecule has 1 aromatic rings. The highest BCUT2D eigenvalue weighted by Gasteiger charge is 1.99. The lowest BCUT2D eigenvalue weighted by atomic mass is 10.4. The molecule has 4 nitrogen and oxygen atoms in total. The normalized spacial score (nSPS) is 9.92. The maximum Gasteiger partial charge on any atom is 0.132 e. The third-order valence-electron chi connectivity index (χ3n) is 1.58.